The smallest absolute Gasteiger partial charge is 0.298 e. The van der Waals surface area contributed by atoms with Gasteiger partial charge in [-0.3, -0.25) is 4.79 Å². The first-order valence-electron chi connectivity index (χ1n) is 9.69. The van der Waals surface area contributed by atoms with Crippen molar-refractivity contribution in [2.24, 2.45) is 11.3 Å². The van der Waals surface area contributed by atoms with Gasteiger partial charge in [0, 0.05) is 43.7 Å². The molecule has 1 amide bonds. The molecule has 1 unspecified atom stereocenters. The van der Waals surface area contributed by atoms with Crippen LogP contribution in [0.2, 0.25) is 5.02 Å². The van der Waals surface area contributed by atoms with Gasteiger partial charge in [-0.25, -0.2) is 0 Å². The second-order valence-electron chi connectivity index (χ2n) is 8.33. The number of piperidine rings is 1. The molecule has 3 heterocycles. The van der Waals surface area contributed by atoms with E-state index in [2.05, 4.69) is 14.8 Å². The van der Waals surface area contributed by atoms with Crippen molar-refractivity contribution in [2.45, 2.75) is 38.5 Å². The number of hydrogen-bond acceptors (Lipinski definition) is 4. The van der Waals surface area contributed by atoms with Crippen LogP contribution in [0.5, 0.6) is 0 Å². The van der Waals surface area contributed by atoms with E-state index in [1.54, 1.807) is 6.07 Å². The molecule has 1 aromatic carbocycles. The molecule has 1 aromatic heterocycles. The Hall–Kier alpha value is -1.75. The van der Waals surface area contributed by atoms with Gasteiger partial charge in [-0.15, -0.1) is 0 Å². The van der Waals surface area contributed by atoms with Crippen LogP contribution in [0.3, 0.4) is 0 Å². The fourth-order valence-corrected chi connectivity index (χ4v) is 4.70. The summed E-state index contributed by atoms with van der Waals surface area (Å²) in [5, 5.41) is 0.654. The minimum Gasteiger partial charge on any atom is -0.423 e. The van der Waals surface area contributed by atoms with Crippen LogP contribution in [-0.2, 0) is 4.79 Å². The van der Waals surface area contributed by atoms with Gasteiger partial charge < -0.3 is 14.2 Å². The molecule has 1 aliphatic carbocycles. The standard InChI is InChI=1S/C20H24ClN3O2/c21-15-3-4-16-17(11-15)26-19(22-16)23-8-1-2-14(12-23)10-18(25)24-9-7-20(13-24)5-6-20/h3-4,11,14H,1-2,5-10,12-13H2. The summed E-state index contributed by atoms with van der Waals surface area (Å²) in [6.45, 7) is 3.72. The number of amides is 1. The van der Waals surface area contributed by atoms with Crippen molar-refractivity contribution in [1.82, 2.24) is 9.88 Å². The molecular weight excluding hydrogens is 350 g/mol. The van der Waals surface area contributed by atoms with Crippen molar-refractivity contribution in [2.75, 3.05) is 31.1 Å². The number of benzene rings is 1. The minimum atomic E-state index is 0.338. The largest absolute Gasteiger partial charge is 0.423 e. The molecule has 6 heteroatoms. The third kappa shape index (κ3) is 3.07. The van der Waals surface area contributed by atoms with Crippen LogP contribution in [0.15, 0.2) is 22.6 Å². The van der Waals surface area contributed by atoms with Crippen LogP contribution in [0.4, 0.5) is 6.01 Å². The maximum atomic E-state index is 12.7. The molecule has 0 N–H and O–H groups in total. The van der Waals surface area contributed by atoms with E-state index < -0.39 is 0 Å². The number of anilines is 1. The van der Waals surface area contributed by atoms with E-state index in [1.165, 1.54) is 19.3 Å². The Morgan fingerprint density at radius 2 is 2.19 bits per heavy atom. The zero-order chi connectivity index (χ0) is 17.7. The van der Waals surface area contributed by atoms with Crippen LogP contribution in [0.25, 0.3) is 11.1 Å². The van der Waals surface area contributed by atoms with Gasteiger partial charge in [0.2, 0.25) is 5.91 Å². The van der Waals surface area contributed by atoms with E-state index in [0.29, 0.717) is 34.7 Å². The Bertz CT molecular complexity index is 845. The van der Waals surface area contributed by atoms with Crippen molar-refractivity contribution in [3.8, 4) is 0 Å². The Morgan fingerprint density at radius 1 is 1.31 bits per heavy atom. The SMILES string of the molecule is O=C(CC1CCCN(c2nc3ccc(Cl)cc3o2)C1)N1CCC2(CC2)C1. The molecular formula is C20H24ClN3O2. The number of oxazole rings is 1. The van der Waals surface area contributed by atoms with Gasteiger partial charge in [0.15, 0.2) is 5.58 Å². The number of nitrogens with zero attached hydrogens (tertiary/aromatic N) is 3. The quantitative estimate of drug-likeness (QED) is 0.812. The molecule has 3 aliphatic rings. The fourth-order valence-electron chi connectivity index (χ4n) is 4.54. The number of rotatable bonds is 3. The summed E-state index contributed by atoms with van der Waals surface area (Å²) in [6, 6.07) is 6.17. The molecule has 26 heavy (non-hydrogen) atoms. The van der Waals surface area contributed by atoms with Crippen molar-refractivity contribution in [3.05, 3.63) is 23.2 Å². The molecule has 2 aromatic rings. The number of carbonyl (C=O) groups excluding carboxylic acids is 1. The average molecular weight is 374 g/mol. The highest BCUT2D eigenvalue weighted by Crippen LogP contribution is 2.52. The zero-order valence-electron chi connectivity index (χ0n) is 14.9. The second kappa shape index (κ2) is 6.15. The third-order valence-electron chi connectivity index (χ3n) is 6.34. The molecule has 3 fully saturated rings. The summed E-state index contributed by atoms with van der Waals surface area (Å²) in [7, 11) is 0. The Morgan fingerprint density at radius 3 is 3.00 bits per heavy atom. The third-order valence-corrected chi connectivity index (χ3v) is 6.58. The van der Waals surface area contributed by atoms with Crippen molar-refractivity contribution in [3.63, 3.8) is 0 Å². The minimum absolute atomic E-state index is 0.338. The van der Waals surface area contributed by atoms with Gasteiger partial charge in [-0.1, -0.05) is 11.6 Å². The lowest BCUT2D eigenvalue weighted by Crippen LogP contribution is -2.39. The summed E-state index contributed by atoms with van der Waals surface area (Å²) in [4.78, 5) is 21.6. The molecule has 138 valence electrons. The van der Waals surface area contributed by atoms with Crippen LogP contribution >= 0.6 is 11.6 Å². The van der Waals surface area contributed by atoms with Crippen LogP contribution in [0, 0.1) is 11.3 Å². The summed E-state index contributed by atoms with van der Waals surface area (Å²) >= 11 is 6.04. The lowest BCUT2D eigenvalue weighted by molar-refractivity contribution is -0.131. The summed E-state index contributed by atoms with van der Waals surface area (Å²) in [5.41, 5.74) is 2.06. The topological polar surface area (TPSA) is 49.6 Å². The van der Waals surface area contributed by atoms with E-state index in [9.17, 15) is 4.79 Å². The number of likely N-dealkylation sites (tertiary alicyclic amines) is 1. The highest BCUT2D eigenvalue weighted by atomic mass is 35.5. The molecule has 2 aliphatic heterocycles. The molecule has 1 spiro atoms. The average Bonchev–Trinajstić information content (AvgIpc) is 3.06. The van der Waals surface area contributed by atoms with Gasteiger partial charge in [0.25, 0.3) is 6.01 Å². The summed E-state index contributed by atoms with van der Waals surface area (Å²) in [6.07, 6.45) is 6.67. The van der Waals surface area contributed by atoms with Crippen molar-refractivity contribution >= 4 is 34.6 Å². The van der Waals surface area contributed by atoms with E-state index >= 15 is 0 Å². The summed E-state index contributed by atoms with van der Waals surface area (Å²) in [5.74, 6) is 0.718. The maximum absolute atomic E-state index is 12.7. The van der Waals surface area contributed by atoms with Crippen LogP contribution in [-0.4, -0.2) is 42.0 Å². The van der Waals surface area contributed by atoms with Gasteiger partial charge in [0.05, 0.1) is 0 Å². The van der Waals surface area contributed by atoms with E-state index in [-0.39, 0.29) is 0 Å². The Labute approximate surface area is 158 Å². The zero-order valence-corrected chi connectivity index (χ0v) is 15.7. The maximum Gasteiger partial charge on any atom is 0.298 e. The molecule has 5 rings (SSSR count). The molecule has 0 radical (unpaired) electrons. The molecule has 0 bridgehead atoms. The number of aromatic nitrogens is 1. The van der Waals surface area contributed by atoms with Crippen molar-refractivity contribution in [1.29, 1.82) is 0 Å². The van der Waals surface area contributed by atoms with Gasteiger partial charge in [-0.05, 0) is 55.6 Å². The highest BCUT2D eigenvalue weighted by molar-refractivity contribution is 6.31. The monoisotopic (exact) mass is 373 g/mol. The first kappa shape index (κ1) is 16.4. The molecule has 1 atom stereocenters. The van der Waals surface area contributed by atoms with Gasteiger partial charge in [-0.2, -0.15) is 4.98 Å². The number of halogens is 1. The van der Waals surface area contributed by atoms with E-state index in [1.807, 2.05) is 12.1 Å². The molecule has 1 saturated carbocycles. The van der Waals surface area contributed by atoms with Crippen LogP contribution in [0.1, 0.15) is 38.5 Å². The predicted molar refractivity (Wildman–Crippen MR) is 101 cm³/mol. The lowest BCUT2D eigenvalue weighted by Gasteiger charge is -2.32. The highest BCUT2D eigenvalue weighted by Gasteiger charge is 2.48. The van der Waals surface area contributed by atoms with Gasteiger partial charge >= 0.3 is 0 Å². The Balaban J connectivity index is 1.24. The van der Waals surface area contributed by atoms with Crippen LogP contribution < -0.4 is 4.90 Å². The molecule has 2 saturated heterocycles. The molecule has 5 nitrogen and oxygen atoms in total. The first-order chi connectivity index (χ1) is 12.6. The second-order valence-corrected chi connectivity index (χ2v) is 8.77. The van der Waals surface area contributed by atoms with E-state index in [0.717, 1.165) is 50.1 Å². The Kier molecular flexibility index (Phi) is 3.89. The van der Waals surface area contributed by atoms with Gasteiger partial charge in [0.1, 0.15) is 5.52 Å². The number of hydrogen-bond donors (Lipinski definition) is 0. The van der Waals surface area contributed by atoms with E-state index in [4.69, 9.17) is 16.0 Å². The number of fused-ring (bicyclic) bond motifs is 1. The lowest BCUT2D eigenvalue weighted by atomic mass is 9.94. The first-order valence-corrected chi connectivity index (χ1v) is 10.1. The summed E-state index contributed by atoms with van der Waals surface area (Å²) < 4.78 is 5.91. The fraction of sp³-hybridized carbons (Fsp3) is 0.600. The van der Waals surface area contributed by atoms with Crippen molar-refractivity contribution < 1.29 is 9.21 Å². The predicted octanol–water partition coefficient (Wildman–Crippen LogP) is 4.10. The number of carbonyl (C=O) groups is 1. The normalized spacial score (nSPS) is 24.6.